The topological polar surface area (TPSA) is 113 Å². The molecule has 0 spiro atoms. The fourth-order valence-corrected chi connectivity index (χ4v) is 1.34. The maximum atomic E-state index is 13.3. The predicted octanol–water partition coefficient (Wildman–Crippen LogP) is 1.77. The summed E-state index contributed by atoms with van der Waals surface area (Å²) in [5, 5.41) is 30.0. The lowest BCUT2D eigenvalue weighted by atomic mass is 10.1. The minimum Gasteiger partial charge on any atom is -0.478 e. The van der Waals surface area contributed by atoms with Crippen molar-refractivity contribution < 1.29 is 37.5 Å². The van der Waals surface area contributed by atoms with E-state index in [0.29, 0.717) is 6.07 Å². The average Bonchev–Trinajstić information content (AvgIpc) is 2.34. The number of benzene rings is 1. The van der Waals surface area contributed by atoms with Gasteiger partial charge in [-0.05, 0) is 6.07 Å². The Morgan fingerprint density at radius 1 is 1.43 bits per heavy atom. The van der Waals surface area contributed by atoms with Gasteiger partial charge in [0.2, 0.25) is 0 Å². The van der Waals surface area contributed by atoms with Crippen molar-refractivity contribution in [3.63, 3.8) is 0 Å². The number of alkyl halides is 3. The van der Waals surface area contributed by atoms with Crippen LogP contribution in [-0.2, 0) is 0 Å². The summed E-state index contributed by atoms with van der Waals surface area (Å²) in [5.74, 6) is -3.15. The first-order valence-electron chi connectivity index (χ1n) is 5.24. The standard InChI is InChI=1S/C10H8F4N2O5/c11-5-2-7(16(20)21)6(1-4(5)9(18)19)15-3-8(17)10(12,13)14/h1-2,8,15,17H,3H2,(H,18,19). The second-order valence-electron chi connectivity index (χ2n) is 3.85. The van der Waals surface area contributed by atoms with Gasteiger partial charge in [0, 0.05) is 6.54 Å². The molecule has 1 aromatic carbocycles. The van der Waals surface area contributed by atoms with Crippen molar-refractivity contribution in [2.24, 2.45) is 0 Å². The van der Waals surface area contributed by atoms with Gasteiger partial charge in [-0.2, -0.15) is 13.2 Å². The van der Waals surface area contributed by atoms with E-state index >= 15 is 0 Å². The highest BCUT2D eigenvalue weighted by molar-refractivity contribution is 5.90. The van der Waals surface area contributed by atoms with E-state index < -0.39 is 52.5 Å². The van der Waals surface area contributed by atoms with Gasteiger partial charge >= 0.3 is 12.1 Å². The summed E-state index contributed by atoms with van der Waals surface area (Å²) in [6.45, 7) is -1.16. The van der Waals surface area contributed by atoms with Crippen molar-refractivity contribution in [3.05, 3.63) is 33.6 Å². The molecule has 1 aromatic rings. The van der Waals surface area contributed by atoms with Crippen molar-refractivity contribution in [2.45, 2.75) is 12.3 Å². The van der Waals surface area contributed by atoms with E-state index in [9.17, 15) is 32.5 Å². The number of nitro benzene ring substituents is 1. The Hall–Kier alpha value is -2.43. The molecule has 21 heavy (non-hydrogen) atoms. The number of carbonyl (C=O) groups is 1. The SMILES string of the molecule is O=C(O)c1cc(NCC(O)C(F)(F)F)c([N+](=O)[O-])cc1F. The molecule has 0 heterocycles. The lowest BCUT2D eigenvalue weighted by Crippen LogP contribution is -2.35. The Bertz CT molecular complexity index is 575. The number of carboxylic acid groups (broad SMARTS) is 1. The Balaban J connectivity index is 3.12. The first-order valence-corrected chi connectivity index (χ1v) is 5.24. The van der Waals surface area contributed by atoms with Crippen LogP contribution in [-0.4, -0.2) is 39.9 Å². The van der Waals surface area contributed by atoms with Crippen LogP contribution in [0, 0.1) is 15.9 Å². The Morgan fingerprint density at radius 3 is 2.43 bits per heavy atom. The predicted molar refractivity (Wildman–Crippen MR) is 60.6 cm³/mol. The fourth-order valence-electron chi connectivity index (χ4n) is 1.34. The number of aliphatic hydroxyl groups is 1. The number of hydrogen-bond acceptors (Lipinski definition) is 5. The summed E-state index contributed by atoms with van der Waals surface area (Å²) in [6.07, 6.45) is -7.78. The van der Waals surface area contributed by atoms with Gasteiger partial charge in [0.05, 0.1) is 16.6 Å². The zero-order chi connectivity index (χ0) is 16.4. The number of hydrogen-bond donors (Lipinski definition) is 3. The van der Waals surface area contributed by atoms with Crippen LogP contribution in [0.4, 0.5) is 28.9 Å². The van der Waals surface area contributed by atoms with E-state index in [4.69, 9.17) is 10.2 Å². The van der Waals surface area contributed by atoms with Gasteiger partial charge in [0.1, 0.15) is 11.5 Å². The molecule has 0 saturated heterocycles. The summed E-state index contributed by atoms with van der Waals surface area (Å²) in [7, 11) is 0. The minimum atomic E-state index is -4.96. The van der Waals surface area contributed by atoms with E-state index in [1.54, 1.807) is 0 Å². The van der Waals surface area contributed by atoms with Gasteiger partial charge in [-0.3, -0.25) is 10.1 Å². The molecule has 0 aliphatic rings. The number of aromatic carboxylic acids is 1. The first-order chi connectivity index (χ1) is 9.54. The third-order valence-corrected chi connectivity index (χ3v) is 2.38. The third-order valence-electron chi connectivity index (χ3n) is 2.38. The maximum Gasteiger partial charge on any atom is 0.416 e. The maximum absolute atomic E-state index is 13.3. The van der Waals surface area contributed by atoms with E-state index in [2.05, 4.69) is 0 Å². The second kappa shape index (κ2) is 5.91. The summed E-state index contributed by atoms with van der Waals surface area (Å²) < 4.78 is 49.6. The molecule has 11 heteroatoms. The number of anilines is 1. The van der Waals surface area contributed by atoms with E-state index in [0.717, 1.165) is 0 Å². The number of nitro groups is 1. The molecule has 0 bridgehead atoms. The number of aliphatic hydroxyl groups excluding tert-OH is 1. The largest absolute Gasteiger partial charge is 0.478 e. The molecule has 3 N–H and O–H groups in total. The van der Waals surface area contributed by atoms with E-state index in [1.165, 1.54) is 0 Å². The molecule has 116 valence electrons. The van der Waals surface area contributed by atoms with Crippen LogP contribution in [0.3, 0.4) is 0 Å². The van der Waals surface area contributed by atoms with E-state index in [1.807, 2.05) is 5.32 Å². The van der Waals surface area contributed by atoms with Crippen molar-refractivity contribution in [1.82, 2.24) is 0 Å². The Labute approximate surface area is 114 Å². The van der Waals surface area contributed by atoms with Gasteiger partial charge in [-0.1, -0.05) is 0 Å². The molecule has 7 nitrogen and oxygen atoms in total. The number of nitrogens with one attached hydrogen (secondary N) is 1. The molecule has 1 rings (SSSR count). The number of rotatable bonds is 5. The molecule has 1 unspecified atom stereocenters. The molecule has 0 aliphatic carbocycles. The van der Waals surface area contributed by atoms with Crippen molar-refractivity contribution in [2.75, 3.05) is 11.9 Å². The molecule has 0 aromatic heterocycles. The molecule has 0 fully saturated rings. The Kier molecular flexibility index (Phi) is 4.68. The molecular formula is C10H8F4N2O5. The highest BCUT2D eigenvalue weighted by Crippen LogP contribution is 2.29. The summed E-state index contributed by atoms with van der Waals surface area (Å²) in [4.78, 5) is 20.2. The monoisotopic (exact) mass is 312 g/mol. The zero-order valence-corrected chi connectivity index (χ0v) is 10.0. The molecular weight excluding hydrogens is 304 g/mol. The lowest BCUT2D eigenvalue weighted by Gasteiger charge is -2.16. The van der Waals surface area contributed by atoms with Crippen LogP contribution in [0.25, 0.3) is 0 Å². The molecule has 0 saturated carbocycles. The van der Waals surface area contributed by atoms with Gasteiger partial charge in [0.25, 0.3) is 5.69 Å². The van der Waals surface area contributed by atoms with Crippen molar-refractivity contribution in [3.8, 4) is 0 Å². The second-order valence-corrected chi connectivity index (χ2v) is 3.85. The molecule has 1 atom stereocenters. The molecule has 0 amide bonds. The lowest BCUT2D eigenvalue weighted by molar-refractivity contribution is -0.384. The van der Waals surface area contributed by atoms with E-state index in [-0.39, 0.29) is 6.07 Å². The third kappa shape index (κ3) is 4.02. The quantitative estimate of drug-likeness (QED) is 0.434. The number of carboxylic acids is 1. The summed E-state index contributed by atoms with van der Waals surface area (Å²) in [5.41, 5.74) is -2.56. The Morgan fingerprint density at radius 2 is 2.00 bits per heavy atom. The summed E-state index contributed by atoms with van der Waals surface area (Å²) >= 11 is 0. The molecule has 0 aliphatic heterocycles. The van der Waals surface area contributed by atoms with Crippen LogP contribution in [0.15, 0.2) is 12.1 Å². The van der Waals surface area contributed by atoms with Gasteiger partial charge in [0.15, 0.2) is 6.10 Å². The highest BCUT2D eigenvalue weighted by atomic mass is 19.4. The van der Waals surface area contributed by atoms with Crippen LogP contribution >= 0.6 is 0 Å². The number of nitrogens with zero attached hydrogens (tertiary/aromatic N) is 1. The zero-order valence-electron chi connectivity index (χ0n) is 10.0. The van der Waals surface area contributed by atoms with Crippen molar-refractivity contribution in [1.29, 1.82) is 0 Å². The van der Waals surface area contributed by atoms with Gasteiger partial charge in [-0.25, -0.2) is 9.18 Å². The summed E-state index contributed by atoms with van der Waals surface area (Å²) in [6, 6.07) is 0.755. The highest BCUT2D eigenvalue weighted by Gasteiger charge is 2.38. The first kappa shape index (κ1) is 16.6. The van der Waals surface area contributed by atoms with Crippen LogP contribution < -0.4 is 5.32 Å². The van der Waals surface area contributed by atoms with Crippen LogP contribution in [0.1, 0.15) is 10.4 Å². The van der Waals surface area contributed by atoms with Gasteiger partial charge in [-0.15, -0.1) is 0 Å². The number of halogens is 4. The van der Waals surface area contributed by atoms with Crippen LogP contribution in [0.5, 0.6) is 0 Å². The average molecular weight is 312 g/mol. The van der Waals surface area contributed by atoms with Crippen molar-refractivity contribution >= 4 is 17.3 Å². The fraction of sp³-hybridized carbons (Fsp3) is 0.300. The normalized spacial score (nSPS) is 12.8. The van der Waals surface area contributed by atoms with Crippen LogP contribution in [0.2, 0.25) is 0 Å². The minimum absolute atomic E-state index is 0.270. The van der Waals surface area contributed by atoms with Gasteiger partial charge < -0.3 is 15.5 Å². The molecule has 0 radical (unpaired) electrons. The smallest absolute Gasteiger partial charge is 0.416 e.